The predicted molar refractivity (Wildman–Crippen MR) is 92.4 cm³/mol. The number of hydrogen-bond donors (Lipinski definition) is 1. The third-order valence-corrected chi connectivity index (χ3v) is 5.28. The van der Waals surface area contributed by atoms with Gasteiger partial charge in [0.2, 0.25) is 0 Å². The predicted octanol–water partition coefficient (Wildman–Crippen LogP) is 3.59. The Balaban J connectivity index is 0.00000161. The minimum absolute atomic E-state index is 0. The third-order valence-electron chi connectivity index (χ3n) is 5.28. The molecule has 2 unspecified atom stereocenters. The zero-order valence-electron chi connectivity index (χ0n) is 13.3. The van der Waals surface area contributed by atoms with Gasteiger partial charge in [-0.2, -0.15) is 0 Å². The molecule has 1 aromatic carbocycles. The number of hydrogen-bond acceptors (Lipinski definition) is 2. The maximum atomic E-state index is 3.47. The Morgan fingerprint density at radius 2 is 1.90 bits per heavy atom. The van der Waals surface area contributed by atoms with Crippen LogP contribution in [0.2, 0.25) is 0 Å². The molecular weight excluding hydrogens is 280 g/mol. The first-order chi connectivity index (χ1) is 9.74. The SMILES string of the molecule is Cc1ccccc1C1CC(C)N(CC2CCNCC2)C1.Cl. The van der Waals surface area contributed by atoms with E-state index in [0.717, 1.165) is 17.9 Å². The minimum Gasteiger partial charge on any atom is -0.317 e. The maximum Gasteiger partial charge on any atom is 0.00735 e. The molecule has 21 heavy (non-hydrogen) atoms. The van der Waals surface area contributed by atoms with Crippen molar-refractivity contribution in [2.45, 2.75) is 45.1 Å². The highest BCUT2D eigenvalue weighted by Gasteiger charge is 2.32. The van der Waals surface area contributed by atoms with Gasteiger partial charge in [-0.3, -0.25) is 4.90 Å². The van der Waals surface area contributed by atoms with Crippen LogP contribution in [-0.4, -0.2) is 37.1 Å². The summed E-state index contributed by atoms with van der Waals surface area (Å²) in [7, 11) is 0. The monoisotopic (exact) mass is 308 g/mol. The van der Waals surface area contributed by atoms with Crippen molar-refractivity contribution in [2.75, 3.05) is 26.2 Å². The average Bonchev–Trinajstić information content (AvgIpc) is 2.81. The zero-order valence-corrected chi connectivity index (χ0v) is 14.2. The van der Waals surface area contributed by atoms with E-state index < -0.39 is 0 Å². The van der Waals surface area contributed by atoms with Gasteiger partial charge in [-0.05, 0) is 69.2 Å². The fraction of sp³-hybridized carbons (Fsp3) is 0.667. The average molecular weight is 309 g/mol. The Morgan fingerprint density at radius 3 is 2.62 bits per heavy atom. The Bertz CT molecular complexity index is 443. The van der Waals surface area contributed by atoms with Gasteiger partial charge in [-0.1, -0.05) is 24.3 Å². The number of halogens is 1. The molecule has 3 rings (SSSR count). The Labute approximate surface area is 135 Å². The number of benzene rings is 1. The highest BCUT2D eigenvalue weighted by atomic mass is 35.5. The van der Waals surface area contributed by atoms with Crippen molar-refractivity contribution >= 4 is 12.4 Å². The Kier molecular flexibility index (Phi) is 6.09. The van der Waals surface area contributed by atoms with E-state index in [1.165, 1.54) is 51.0 Å². The molecule has 0 radical (unpaired) electrons. The van der Waals surface area contributed by atoms with Crippen LogP contribution < -0.4 is 5.32 Å². The second kappa shape index (κ2) is 7.62. The lowest BCUT2D eigenvalue weighted by molar-refractivity contribution is 0.200. The quantitative estimate of drug-likeness (QED) is 0.918. The molecule has 2 fully saturated rings. The van der Waals surface area contributed by atoms with Crippen LogP contribution in [0.3, 0.4) is 0 Å². The van der Waals surface area contributed by atoms with Crippen LogP contribution in [0.5, 0.6) is 0 Å². The molecule has 118 valence electrons. The fourth-order valence-corrected chi connectivity index (χ4v) is 4.02. The number of nitrogens with zero attached hydrogens (tertiary/aromatic N) is 1. The number of nitrogens with one attached hydrogen (secondary N) is 1. The van der Waals surface area contributed by atoms with Crippen molar-refractivity contribution < 1.29 is 0 Å². The highest BCUT2D eigenvalue weighted by Crippen LogP contribution is 2.34. The van der Waals surface area contributed by atoms with Crippen LogP contribution >= 0.6 is 12.4 Å². The molecule has 1 aromatic rings. The van der Waals surface area contributed by atoms with Crippen molar-refractivity contribution in [2.24, 2.45) is 5.92 Å². The number of likely N-dealkylation sites (tertiary alicyclic amines) is 1. The van der Waals surface area contributed by atoms with Gasteiger partial charge in [0.05, 0.1) is 0 Å². The maximum absolute atomic E-state index is 3.47. The molecule has 2 saturated heterocycles. The third kappa shape index (κ3) is 4.00. The molecule has 1 N–H and O–H groups in total. The molecule has 0 aliphatic carbocycles. The summed E-state index contributed by atoms with van der Waals surface area (Å²) in [6.45, 7) is 9.68. The lowest BCUT2D eigenvalue weighted by Gasteiger charge is -2.29. The summed E-state index contributed by atoms with van der Waals surface area (Å²) < 4.78 is 0. The molecule has 3 heteroatoms. The van der Waals surface area contributed by atoms with Crippen molar-refractivity contribution in [1.29, 1.82) is 0 Å². The second-order valence-corrected chi connectivity index (χ2v) is 6.79. The molecule has 0 spiro atoms. The van der Waals surface area contributed by atoms with Gasteiger partial charge in [0.25, 0.3) is 0 Å². The molecule has 0 bridgehead atoms. The van der Waals surface area contributed by atoms with E-state index in [4.69, 9.17) is 0 Å². The van der Waals surface area contributed by atoms with E-state index in [1.807, 2.05) is 0 Å². The van der Waals surface area contributed by atoms with Gasteiger partial charge in [0, 0.05) is 19.1 Å². The fourth-order valence-electron chi connectivity index (χ4n) is 4.02. The van der Waals surface area contributed by atoms with Crippen LogP contribution in [0, 0.1) is 12.8 Å². The molecule has 2 atom stereocenters. The van der Waals surface area contributed by atoms with Gasteiger partial charge in [0.1, 0.15) is 0 Å². The van der Waals surface area contributed by atoms with Crippen LogP contribution in [0.4, 0.5) is 0 Å². The Morgan fingerprint density at radius 1 is 1.19 bits per heavy atom. The van der Waals surface area contributed by atoms with E-state index in [0.29, 0.717) is 0 Å². The number of piperidine rings is 1. The van der Waals surface area contributed by atoms with E-state index >= 15 is 0 Å². The first-order valence-corrected chi connectivity index (χ1v) is 8.24. The van der Waals surface area contributed by atoms with E-state index in [-0.39, 0.29) is 12.4 Å². The first-order valence-electron chi connectivity index (χ1n) is 8.24. The zero-order chi connectivity index (χ0) is 13.9. The van der Waals surface area contributed by atoms with Gasteiger partial charge >= 0.3 is 0 Å². The normalized spacial score (nSPS) is 27.5. The molecular formula is C18H29ClN2. The first kappa shape index (κ1) is 16.8. The summed E-state index contributed by atoms with van der Waals surface area (Å²) in [6.07, 6.45) is 4.05. The van der Waals surface area contributed by atoms with Crippen LogP contribution in [0.25, 0.3) is 0 Å². The van der Waals surface area contributed by atoms with E-state index in [1.54, 1.807) is 5.56 Å². The van der Waals surface area contributed by atoms with Crippen molar-refractivity contribution in [3.05, 3.63) is 35.4 Å². The lowest BCUT2D eigenvalue weighted by atomic mass is 9.93. The van der Waals surface area contributed by atoms with Gasteiger partial charge in [-0.15, -0.1) is 12.4 Å². The molecule has 2 heterocycles. The summed E-state index contributed by atoms with van der Waals surface area (Å²) in [5, 5.41) is 3.47. The smallest absolute Gasteiger partial charge is 0.00735 e. The summed E-state index contributed by atoms with van der Waals surface area (Å²) in [6, 6.07) is 9.69. The van der Waals surface area contributed by atoms with Gasteiger partial charge in [0.15, 0.2) is 0 Å². The van der Waals surface area contributed by atoms with E-state index in [2.05, 4.69) is 48.3 Å². The summed E-state index contributed by atoms with van der Waals surface area (Å²) in [5.41, 5.74) is 3.04. The molecule has 2 aliphatic rings. The van der Waals surface area contributed by atoms with Crippen LogP contribution in [0.15, 0.2) is 24.3 Å². The van der Waals surface area contributed by atoms with E-state index in [9.17, 15) is 0 Å². The molecule has 0 amide bonds. The molecule has 0 aromatic heterocycles. The lowest BCUT2D eigenvalue weighted by Crippen LogP contribution is -2.37. The second-order valence-electron chi connectivity index (χ2n) is 6.79. The highest BCUT2D eigenvalue weighted by molar-refractivity contribution is 5.85. The van der Waals surface area contributed by atoms with Crippen LogP contribution in [0.1, 0.15) is 43.2 Å². The summed E-state index contributed by atoms with van der Waals surface area (Å²) >= 11 is 0. The minimum atomic E-state index is 0. The van der Waals surface area contributed by atoms with Crippen molar-refractivity contribution in [3.8, 4) is 0 Å². The Hall–Kier alpha value is -0.570. The molecule has 2 nitrogen and oxygen atoms in total. The van der Waals surface area contributed by atoms with Gasteiger partial charge < -0.3 is 5.32 Å². The topological polar surface area (TPSA) is 15.3 Å². The molecule has 2 aliphatic heterocycles. The van der Waals surface area contributed by atoms with Crippen LogP contribution in [-0.2, 0) is 0 Å². The van der Waals surface area contributed by atoms with Gasteiger partial charge in [-0.25, -0.2) is 0 Å². The standard InChI is InChI=1S/C18H28N2.ClH/c1-14-5-3-4-6-18(14)17-11-15(2)20(13-17)12-16-7-9-19-10-8-16;/h3-6,15-17,19H,7-13H2,1-2H3;1H. The van der Waals surface area contributed by atoms with Crippen molar-refractivity contribution in [1.82, 2.24) is 10.2 Å². The summed E-state index contributed by atoms with van der Waals surface area (Å²) in [4.78, 5) is 2.74. The number of rotatable bonds is 3. The largest absolute Gasteiger partial charge is 0.317 e. The number of aryl methyl sites for hydroxylation is 1. The summed E-state index contributed by atoms with van der Waals surface area (Å²) in [5.74, 6) is 1.65. The van der Waals surface area contributed by atoms with Crippen molar-refractivity contribution in [3.63, 3.8) is 0 Å². The molecule has 0 saturated carbocycles.